The molecule has 1 amide bonds. The number of piperidine rings is 2. The summed E-state index contributed by atoms with van der Waals surface area (Å²) in [5.74, 6) is 1.91. The van der Waals surface area contributed by atoms with Crippen LogP contribution in [0.5, 0.6) is 0 Å². The zero-order chi connectivity index (χ0) is 20.4. The quantitative estimate of drug-likeness (QED) is 0.715. The summed E-state index contributed by atoms with van der Waals surface area (Å²) in [7, 11) is 0. The predicted molar refractivity (Wildman–Crippen MR) is 122 cm³/mol. The van der Waals surface area contributed by atoms with Gasteiger partial charge in [0.2, 0.25) is 5.91 Å². The van der Waals surface area contributed by atoms with Crippen molar-refractivity contribution in [3.8, 4) is 0 Å². The van der Waals surface area contributed by atoms with Crippen molar-refractivity contribution in [2.45, 2.75) is 49.9 Å². The number of hydrogen-bond acceptors (Lipinski definition) is 2. The summed E-state index contributed by atoms with van der Waals surface area (Å²) in [6, 6.07) is 21.6. The van der Waals surface area contributed by atoms with E-state index in [1.54, 1.807) is 0 Å². The molecule has 2 aromatic carbocycles. The van der Waals surface area contributed by atoms with Gasteiger partial charge in [-0.05, 0) is 74.6 Å². The molecule has 0 spiro atoms. The van der Waals surface area contributed by atoms with E-state index >= 15 is 0 Å². The van der Waals surface area contributed by atoms with E-state index in [0.717, 1.165) is 63.7 Å². The van der Waals surface area contributed by atoms with Crippen molar-refractivity contribution in [2.75, 3.05) is 32.7 Å². The molecule has 3 fully saturated rings. The van der Waals surface area contributed by atoms with Crippen molar-refractivity contribution < 1.29 is 4.79 Å². The van der Waals surface area contributed by atoms with Crippen LogP contribution in [-0.4, -0.2) is 48.4 Å². The summed E-state index contributed by atoms with van der Waals surface area (Å²) in [5, 5.41) is 0. The smallest absolute Gasteiger partial charge is 0.233 e. The normalized spacial score (nSPS) is 26.3. The second-order valence-electron chi connectivity index (χ2n) is 9.61. The van der Waals surface area contributed by atoms with Crippen LogP contribution in [-0.2, 0) is 10.2 Å². The Hall–Kier alpha value is -2.13. The van der Waals surface area contributed by atoms with E-state index in [0.29, 0.717) is 5.91 Å². The van der Waals surface area contributed by atoms with Crippen LogP contribution in [0.15, 0.2) is 60.7 Å². The monoisotopic (exact) mass is 402 g/mol. The maximum absolute atomic E-state index is 13.8. The molecule has 3 heteroatoms. The maximum Gasteiger partial charge on any atom is 0.233 e. The van der Waals surface area contributed by atoms with Crippen molar-refractivity contribution in [3.63, 3.8) is 0 Å². The summed E-state index contributed by atoms with van der Waals surface area (Å²) < 4.78 is 0. The highest BCUT2D eigenvalue weighted by Gasteiger charge is 2.46. The van der Waals surface area contributed by atoms with Gasteiger partial charge in [0.1, 0.15) is 0 Å². The van der Waals surface area contributed by atoms with Crippen molar-refractivity contribution in [1.82, 2.24) is 9.80 Å². The molecular weight excluding hydrogens is 368 g/mol. The van der Waals surface area contributed by atoms with Gasteiger partial charge >= 0.3 is 0 Å². The van der Waals surface area contributed by atoms with Gasteiger partial charge in [-0.1, -0.05) is 60.7 Å². The van der Waals surface area contributed by atoms with Crippen LogP contribution in [0.1, 0.15) is 55.6 Å². The minimum Gasteiger partial charge on any atom is -0.342 e. The molecule has 158 valence electrons. The fourth-order valence-electron chi connectivity index (χ4n) is 5.79. The molecule has 0 aromatic heterocycles. The minimum absolute atomic E-state index is 0.322. The Morgan fingerprint density at radius 2 is 1.47 bits per heavy atom. The summed E-state index contributed by atoms with van der Waals surface area (Å²) in [5.41, 5.74) is 2.41. The van der Waals surface area contributed by atoms with E-state index in [1.165, 1.54) is 30.5 Å². The summed E-state index contributed by atoms with van der Waals surface area (Å²) in [6.45, 7) is 5.14. The maximum atomic E-state index is 13.8. The molecule has 1 saturated carbocycles. The molecule has 30 heavy (non-hydrogen) atoms. The fourth-order valence-corrected chi connectivity index (χ4v) is 5.79. The van der Waals surface area contributed by atoms with Crippen LogP contribution in [0.25, 0.3) is 0 Å². The van der Waals surface area contributed by atoms with Gasteiger partial charge < -0.3 is 9.80 Å². The Bertz CT molecular complexity index is 836. The van der Waals surface area contributed by atoms with E-state index in [2.05, 4.69) is 70.5 Å². The van der Waals surface area contributed by atoms with Crippen molar-refractivity contribution in [1.29, 1.82) is 0 Å². The molecule has 3 nitrogen and oxygen atoms in total. The topological polar surface area (TPSA) is 23.6 Å². The highest BCUT2D eigenvalue weighted by atomic mass is 16.2. The molecule has 5 rings (SSSR count). The number of benzene rings is 2. The van der Waals surface area contributed by atoms with Gasteiger partial charge in [0.25, 0.3) is 0 Å². The van der Waals surface area contributed by atoms with Gasteiger partial charge in [0.15, 0.2) is 0 Å². The third kappa shape index (κ3) is 3.92. The molecule has 0 bridgehead atoms. The van der Waals surface area contributed by atoms with Crippen LogP contribution in [0, 0.1) is 5.92 Å². The number of nitrogens with zero attached hydrogens (tertiary/aromatic N) is 2. The molecule has 2 atom stereocenters. The van der Waals surface area contributed by atoms with Gasteiger partial charge in [-0.25, -0.2) is 0 Å². The van der Waals surface area contributed by atoms with Crippen LogP contribution in [0.3, 0.4) is 0 Å². The van der Waals surface area contributed by atoms with Crippen molar-refractivity contribution >= 4 is 5.91 Å². The zero-order valence-electron chi connectivity index (χ0n) is 18.0. The lowest BCUT2D eigenvalue weighted by molar-refractivity contribution is -0.140. The van der Waals surface area contributed by atoms with Crippen LogP contribution < -0.4 is 0 Å². The first kappa shape index (κ1) is 19.8. The largest absolute Gasteiger partial charge is 0.342 e. The molecule has 0 N–H and O–H groups in total. The van der Waals surface area contributed by atoms with Gasteiger partial charge in [0.05, 0.1) is 5.41 Å². The van der Waals surface area contributed by atoms with Crippen LogP contribution >= 0.6 is 0 Å². The van der Waals surface area contributed by atoms with E-state index < -0.39 is 0 Å². The van der Waals surface area contributed by atoms with Gasteiger partial charge in [0, 0.05) is 19.6 Å². The third-order valence-corrected chi connectivity index (χ3v) is 7.73. The molecule has 2 aromatic rings. The number of amides is 1. The Balaban J connectivity index is 1.26. The van der Waals surface area contributed by atoms with Crippen molar-refractivity contribution in [3.05, 3.63) is 71.8 Å². The first-order chi connectivity index (χ1) is 14.8. The SMILES string of the molecule is O=C(N1CCCCC1)C1(c2ccccc2)CCN(C[C@@H]2C[C@@H]2c2ccccc2)CC1. The lowest BCUT2D eigenvalue weighted by atomic mass is 9.71. The number of carbonyl (C=O) groups is 1. The number of hydrogen-bond donors (Lipinski definition) is 0. The first-order valence-electron chi connectivity index (χ1n) is 11.9. The molecule has 0 unspecified atom stereocenters. The average molecular weight is 403 g/mol. The Kier molecular flexibility index (Phi) is 5.64. The summed E-state index contributed by atoms with van der Waals surface area (Å²) >= 11 is 0. The van der Waals surface area contributed by atoms with Gasteiger partial charge in [-0.15, -0.1) is 0 Å². The molecule has 0 radical (unpaired) electrons. The predicted octanol–water partition coefficient (Wildman–Crippen LogP) is 4.84. The molecule has 1 aliphatic carbocycles. The van der Waals surface area contributed by atoms with E-state index in [1.807, 2.05) is 0 Å². The first-order valence-corrected chi connectivity index (χ1v) is 11.9. The van der Waals surface area contributed by atoms with Crippen LogP contribution in [0.4, 0.5) is 0 Å². The number of carbonyl (C=O) groups excluding carboxylic acids is 1. The highest BCUT2D eigenvalue weighted by molar-refractivity contribution is 5.88. The van der Waals surface area contributed by atoms with Gasteiger partial charge in [-0.2, -0.15) is 0 Å². The number of likely N-dealkylation sites (tertiary alicyclic amines) is 2. The number of rotatable bonds is 5. The second-order valence-corrected chi connectivity index (χ2v) is 9.61. The third-order valence-electron chi connectivity index (χ3n) is 7.73. The Morgan fingerprint density at radius 3 is 2.13 bits per heavy atom. The van der Waals surface area contributed by atoms with E-state index in [-0.39, 0.29) is 5.41 Å². The fraction of sp³-hybridized carbons (Fsp3) is 0.519. The molecular formula is C27H34N2O. The molecule has 2 heterocycles. The van der Waals surface area contributed by atoms with Crippen molar-refractivity contribution in [2.24, 2.45) is 5.92 Å². The Morgan fingerprint density at radius 1 is 0.833 bits per heavy atom. The lowest BCUT2D eigenvalue weighted by Gasteiger charge is -2.44. The molecule has 3 aliphatic rings. The Labute approximate surface area is 181 Å². The molecule has 2 saturated heterocycles. The van der Waals surface area contributed by atoms with E-state index in [4.69, 9.17) is 0 Å². The summed E-state index contributed by atoms with van der Waals surface area (Å²) in [4.78, 5) is 18.5. The minimum atomic E-state index is -0.322. The molecule has 2 aliphatic heterocycles. The van der Waals surface area contributed by atoms with Gasteiger partial charge in [-0.3, -0.25) is 4.79 Å². The second kappa shape index (κ2) is 8.55. The van der Waals surface area contributed by atoms with E-state index in [9.17, 15) is 4.79 Å². The zero-order valence-corrected chi connectivity index (χ0v) is 18.0. The highest BCUT2D eigenvalue weighted by Crippen LogP contribution is 2.48. The lowest BCUT2D eigenvalue weighted by Crippen LogP contribution is -2.54. The summed E-state index contributed by atoms with van der Waals surface area (Å²) in [6.07, 6.45) is 6.80. The van der Waals surface area contributed by atoms with Crippen LogP contribution in [0.2, 0.25) is 0 Å². The standard InChI is InChI=1S/C27H34N2O/c30-26(29-16-8-3-9-17-29)27(24-12-6-2-7-13-24)14-18-28(19-15-27)21-23-20-25(23)22-10-4-1-5-11-22/h1-2,4-7,10-13,23,25H,3,8-9,14-21H2/t23-,25+/m0/s1. The average Bonchev–Trinajstić information content (AvgIpc) is 3.60.